The van der Waals surface area contributed by atoms with Gasteiger partial charge in [-0.25, -0.2) is 8.78 Å². The Hall–Kier alpha value is -3.16. The monoisotopic (exact) mass is 479 g/mol. The quantitative estimate of drug-likeness (QED) is 0.428. The number of rotatable bonds is 9. The first kappa shape index (κ1) is 24.9. The van der Waals surface area contributed by atoms with Crippen molar-refractivity contribution in [3.05, 3.63) is 100 Å². The molecule has 1 aromatic heterocycles. The fourth-order valence-electron chi connectivity index (χ4n) is 4.70. The fraction of sp³-hybridized carbons (Fsp3) is 0.357. The van der Waals surface area contributed by atoms with E-state index < -0.39 is 29.7 Å². The molecular weight excluding hydrogens is 448 g/mol. The standard InChI is InChI=1S/C28H31F2N3O2/c1-2-18-8-9-20-5-3-7-25(24(20)13-18)32-17-27(34)26(14-19-11-22(29)15-23(30)12-19)33-28(35)21-6-4-10-31-16-21/h4,6,8-13,15-16,25-27,32,34H,2-3,5,7,14,17H2,1H3,(H,33,35)/t25-,26+,27-/m1/s1. The summed E-state index contributed by atoms with van der Waals surface area (Å²) in [5.41, 5.74) is 4.54. The van der Waals surface area contributed by atoms with Gasteiger partial charge in [0.15, 0.2) is 0 Å². The molecule has 0 saturated heterocycles. The molecule has 4 rings (SSSR count). The Kier molecular flexibility index (Phi) is 8.21. The van der Waals surface area contributed by atoms with Crippen LogP contribution in [0.5, 0.6) is 0 Å². The zero-order valence-electron chi connectivity index (χ0n) is 19.8. The molecule has 2 aromatic carbocycles. The summed E-state index contributed by atoms with van der Waals surface area (Å²) < 4.78 is 27.6. The maximum absolute atomic E-state index is 13.8. The Bertz CT molecular complexity index is 1140. The molecule has 184 valence electrons. The van der Waals surface area contributed by atoms with Crippen molar-refractivity contribution in [2.24, 2.45) is 0 Å². The molecular formula is C28H31F2N3O2. The number of aromatic nitrogens is 1. The Labute approximate surface area is 204 Å². The number of aryl methyl sites for hydroxylation is 2. The number of benzene rings is 2. The van der Waals surface area contributed by atoms with Gasteiger partial charge in [0, 0.05) is 31.0 Å². The van der Waals surface area contributed by atoms with Crippen LogP contribution in [0.15, 0.2) is 60.9 Å². The Balaban J connectivity index is 1.50. The number of fused-ring (bicyclic) bond motifs is 1. The van der Waals surface area contributed by atoms with Gasteiger partial charge in [0.05, 0.1) is 17.7 Å². The van der Waals surface area contributed by atoms with Gasteiger partial charge >= 0.3 is 0 Å². The molecule has 3 N–H and O–H groups in total. The highest BCUT2D eigenvalue weighted by Gasteiger charge is 2.26. The largest absolute Gasteiger partial charge is 0.390 e. The molecule has 0 bridgehead atoms. The van der Waals surface area contributed by atoms with Gasteiger partial charge in [0.2, 0.25) is 0 Å². The van der Waals surface area contributed by atoms with Crippen LogP contribution in [0.25, 0.3) is 0 Å². The van der Waals surface area contributed by atoms with E-state index in [0.717, 1.165) is 31.7 Å². The zero-order valence-corrected chi connectivity index (χ0v) is 19.8. The highest BCUT2D eigenvalue weighted by molar-refractivity contribution is 5.94. The smallest absolute Gasteiger partial charge is 0.253 e. The number of nitrogens with zero attached hydrogens (tertiary/aromatic N) is 1. The molecule has 7 heteroatoms. The third-order valence-corrected chi connectivity index (χ3v) is 6.59. The van der Waals surface area contributed by atoms with Crippen molar-refractivity contribution in [1.82, 2.24) is 15.6 Å². The van der Waals surface area contributed by atoms with E-state index in [9.17, 15) is 18.7 Å². The third-order valence-electron chi connectivity index (χ3n) is 6.59. The van der Waals surface area contributed by atoms with Crippen LogP contribution < -0.4 is 10.6 Å². The van der Waals surface area contributed by atoms with Crippen molar-refractivity contribution >= 4 is 5.91 Å². The first-order valence-corrected chi connectivity index (χ1v) is 12.1. The van der Waals surface area contributed by atoms with Crippen LogP contribution >= 0.6 is 0 Å². The van der Waals surface area contributed by atoms with Crippen LogP contribution in [-0.2, 0) is 19.3 Å². The van der Waals surface area contributed by atoms with Crippen LogP contribution in [0.3, 0.4) is 0 Å². The number of pyridine rings is 1. The second-order valence-corrected chi connectivity index (χ2v) is 9.11. The molecule has 0 fully saturated rings. The summed E-state index contributed by atoms with van der Waals surface area (Å²) in [6.45, 7) is 2.35. The Morgan fingerprint density at radius 3 is 2.66 bits per heavy atom. The summed E-state index contributed by atoms with van der Waals surface area (Å²) in [4.78, 5) is 16.8. The van der Waals surface area contributed by atoms with Crippen LogP contribution in [0, 0.1) is 11.6 Å². The van der Waals surface area contributed by atoms with Gasteiger partial charge in [0.25, 0.3) is 5.91 Å². The molecule has 1 heterocycles. The van der Waals surface area contributed by atoms with Gasteiger partial charge in [-0.15, -0.1) is 0 Å². The number of aliphatic hydroxyl groups is 1. The molecule has 1 aliphatic carbocycles. The average Bonchev–Trinajstić information content (AvgIpc) is 2.86. The van der Waals surface area contributed by atoms with Crippen molar-refractivity contribution in [3.8, 4) is 0 Å². The van der Waals surface area contributed by atoms with Gasteiger partial charge in [0.1, 0.15) is 11.6 Å². The van der Waals surface area contributed by atoms with Crippen molar-refractivity contribution in [2.45, 2.75) is 57.2 Å². The minimum atomic E-state index is -0.985. The summed E-state index contributed by atoms with van der Waals surface area (Å²) in [7, 11) is 0. The van der Waals surface area contributed by atoms with E-state index in [0.29, 0.717) is 11.1 Å². The number of carbonyl (C=O) groups excluding carboxylic acids is 1. The van der Waals surface area contributed by atoms with Gasteiger partial charge in [-0.05, 0) is 78.6 Å². The number of amides is 1. The number of halogens is 2. The summed E-state index contributed by atoms with van der Waals surface area (Å²) in [6.07, 6.45) is 6.08. The third kappa shape index (κ3) is 6.50. The lowest BCUT2D eigenvalue weighted by Gasteiger charge is -2.30. The fourth-order valence-corrected chi connectivity index (χ4v) is 4.70. The molecule has 3 atom stereocenters. The summed E-state index contributed by atoms with van der Waals surface area (Å²) >= 11 is 0. The predicted molar refractivity (Wildman–Crippen MR) is 131 cm³/mol. The molecule has 3 aromatic rings. The summed E-state index contributed by atoms with van der Waals surface area (Å²) in [5, 5.41) is 17.4. The number of hydrogen-bond donors (Lipinski definition) is 3. The molecule has 0 radical (unpaired) electrons. The summed E-state index contributed by atoms with van der Waals surface area (Å²) in [5.74, 6) is -1.80. The topological polar surface area (TPSA) is 74.2 Å². The minimum Gasteiger partial charge on any atom is -0.390 e. The van der Waals surface area contributed by atoms with Gasteiger partial charge in [-0.1, -0.05) is 25.1 Å². The van der Waals surface area contributed by atoms with E-state index in [-0.39, 0.29) is 19.0 Å². The molecule has 0 spiro atoms. The first-order valence-electron chi connectivity index (χ1n) is 12.1. The molecule has 0 unspecified atom stereocenters. The molecule has 35 heavy (non-hydrogen) atoms. The maximum Gasteiger partial charge on any atom is 0.253 e. The van der Waals surface area contributed by atoms with Crippen molar-refractivity contribution in [1.29, 1.82) is 0 Å². The van der Waals surface area contributed by atoms with Crippen molar-refractivity contribution in [3.63, 3.8) is 0 Å². The van der Waals surface area contributed by atoms with E-state index in [1.54, 1.807) is 18.3 Å². The van der Waals surface area contributed by atoms with Crippen LogP contribution in [-0.4, -0.2) is 34.7 Å². The van der Waals surface area contributed by atoms with Crippen LogP contribution in [0.4, 0.5) is 8.78 Å². The maximum atomic E-state index is 13.8. The number of aliphatic hydroxyl groups excluding tert-OH is 1. The molecule has 0 aliphatic heterocycles. The number of nitrogens with one attached hydrogen (secondary N) is 2. The molecule has 1 amide bonds. The highest BCUT2D eigenvalue weighted by atomic mass is 19.1. The second-order valence-electron chi connectivity index (χ2n) is 9.11. The van der Waals surface area contributed by atoms with Crippen LogP contribution in [0.2, 0.25) is 0 Å². The van der Waals surface area contributed by atoms with E-state index >= 15 is 0 Å². The lowest BCUT2D eigenvalue weighted by molar-refractivity contribution is 0.0822. The van der Waals surface area contributed by atoms with Crippen LogP contribution in [0.1, 0.15) is 58.4 Å². The van der Waals surface area contributed by atoms with E-state index in [1.807, 2.05) is 0 Å². The molecule has 5 nitrogen and oxygen atoms in total. The number of carbonyl (C=O) groups is 1. The second kappa shape index (κ2) is 11.5. The normalized spacial score (nSPS) is 16.9. The van der Waals surface area contributed by atoms with Gasteiger partial charge in [-0.3, -0.25) is 9.78 Å². The first-order chi connectivity index (χ1) is 16.9. The zero-order chi connectivity index (χ0) is 24.8. The number of hydrogen-bond acceptors (Lipinski definition) is 4. The predicted octanol–water partition coefficient (Wildman–Crippen LogP) is 4.29. The van der Waals surface area contributed by atoms with Crippen molar-refractivity contribution in [2.75, 3.05) is 6.54 Å². The lowest BCUT2D eigenvalue weighted by atomic mass is 9.86. The SMILES string of the molecule is CCc1ccc2c(c1)[C@H](NC[C@@H](O)[C@H](Cc1cc(F)cc(F)c1)NC(=O)c1cccnc1)CCC2. The summed E-state index contributed by atoms with van der Waals surface area (Å²) in [6, 6.07) is 12.4. The van der Waals surface area contributed by atoms with Crippen molar-refractivity contribution < 1.29 is 18.7 Å². The lowest BCUT2D eigenvalue weighted by Crippen LogP contribution is -2.49. The van der Waals surface area contributed by atoms with Gasteiger partial charge in [-0.2, -0.15) is 0 Å². The molecule has 0 saturated carbocycles. The minimum absolute atomic E-state index is 0.0742. The van der Waals surface area contributed by atoms with E-state index in [1.165, 1.54) is 35.0 Å². The van der Waals surface area contributed by atoms with Gasteiger partial charge < -0.3 is 15.7 Å². The average molecular weight is 480 g/mol. The molecule has 1 aliphatic rings. The van der Waals surface area contributed by atoms with E-state index in [4.69, 9.17) is 0 Å². The van der Waals surface area contributed by atoms with E-state index in [2.05, 4.69) is 40.7 Å². The Morgan fingerprint density at radius 2 is 1.94 bits per heavy atom. The Morgan fingerprint density at radius 1 is 1.14 bits per heavy atom. The highest BCUT2D eigenvalue weighted by Crippen LogP contribution is 2.30.